The molecule has 1 unspecified atom stereocenters. The van der Waals surface area contributed by atoms with E-state index < -0.39 is 0 Å². The lowest BCUT2D eigenvalue weighted by Crippen LogP contribution is -2.39. The first kappa shape index (κ1) is 9.63. The summed E-state index contributed by atoms with van der Waals surface area (Å²) >= 11 is 0. The second kappa shape index (κ2) is 3.68. The highest BCUT2D eigenvalue weighted by Crippen LogP contribution is 2.34. The first-order valence-corrected chi connectivity index (χ1v) is 5.62. The number of rotatable bonds is 1. The van der Waals surface area contributed by atoms with Crippen LogP contribution in [0.4, 0.5) is 0 Å². The number of piperidine rings is 1. The Labute approximate surface area is 86.5 Å². The minimum Gasteiger partial charge on any atom is -0.399 e. The fraction of sp³-hybridized carbons (Fsp3) is 0.667. The molecule has 1 fully saturated rings. The SMILES string of the molecule is CC(C)N1CCCC2CC=C(N)C=C21. The molecule has 2 heteroatoms. The van der Waals surface area contributed by atoms with Crippen molar-refractivity contribution in [1.29, 1.82) is 0 Å². The van der Waals surface area contributed by atoms with Crippen LogP contribution in [0, 0.1) is 5.92 Å². The van der Waals surface area contributed by atoms with Gasteiger partial charge in [0.2, 0.25) is 0 Å². The van der Waals surface area contributed by atoms with Gasteiger partial charge >= 0.3 is 0 Å². The lowest BCUT2D eigenvalue weighted by atomic mass is 9.86. The smallest absolute Gasteiger partial charge is 0.0291 e. The molecule has 2 rings (SSSR count). The Balaban J connectivity index is 2.23. The van der Waals surface area contributed by atoms with Crippen LogP contribution in [0.2, 0.25) is 0 Å². The summed E-state index contributed by atoms with van der Waals surface area (Å²) in [5, 5.41) is 0. The molecule has 0 amide bonds. The summed E-state index contributed by atoms with van der Waals surface area (Å²) in [7, 11) is 0. The Morgan fingerprint density at radius 1 is 1.50 bits per heavy atom. The Morgan fingerprint density at radius 2 is 2.29 bits per heavy atom. The van der Waals surface area contributed by atoms with Gasteiger partial charge in [-0.15, -0.1) is 0 Å². The summed E-state index contributed by atoms with van der Waals surface area (Å²) in [6.07, 6.45) is 8.14. The van der Waals surface area contributed by atoms with Gasteiger partial charge in [-0.25, -0.2) is 0 Å². The molecule has 0 bridgehead atoms. The molecule has 0 radical (unpaired) electrons. The first-order valence-electron chi connectivity index (χ1n) is 5.62. The van der Waals surface area contributed by atoms with Gasteiger partial charge in [0.1, 0.15) is 0 Å². The van der Waals surface area contributed by atoms with E-state index in [0.717, 1.165) is 18.0 Å². The lowest BCUT2D eigenvalue weighted by Gasteiger charge is -2.41. The number of nitrogens with zero attached hydrogens (tertiary/aromatic N) is 1. The number of nitrogens with two attached hydrogens (primary N) is 1. The van der Waals surface area contributed by atoms with Crippen molar-refractivity contribution in [3.05, 3.63) is 23.5 Å². The molecular weight excluding hydrogens is 172 g/mol. The molecule has 14 heavy (non-hydrogen) atoms. The van der Waals surface area contributed by atoms with Crippen LogP contribution in [0.3, 0.4) is 0 Å². The number of allylic oxidation sites excluding steroid dienone is 3. The minimum absolute atomic E-state index is 0.606. The van der Waals surface area contributed by atoms with E-state index in [2.05, 4.69) is 30.9 Å². The van der Waals surface area contributed by atoms with Crippen molar-refractivity contribution in [2.45, 2.75) is 39.2 Å². The average Bonchev–Trinajstić information content (AvgIpc) is 2.16. The van der Waals surface area contributed by atoms with Gasteiger partial charge in [0.15, 0.2) is 0 Å². The molecule has 0 saturated carbocycles. The molecular formula is C12H20N2. The molecule has 1 aliphatic heterocycles. The number of hydrogen-bond acceptors (Lipinski definition) is 2. The van der Waals surface area contributed by atoms with Gasteiger partial charge in [0.05, 0.1) is 0 Å². The molecule has 0 spiro atoms. The average molecular weight is 192 g/mol. The third-order valence-electron chi connectivity index (χ3n) is 3.28. The maximum absolute atomic E-state index is 5.86. The Kier molecular flexibility index (Phi) is 2.53. The number of fused-ring (bicyclic) bond motifs is 1. The quantitative estimate of drug-likeness (QED) is 0.690. The van der Waals surface area contributed by atoms with Crippen molar-refractivity contribution in [3.63, 3.8) is 0 Å². The van der Waals surface area contributed by atoms with E-state index in [1.165, 1.54) is 25.1 Å². The second-order valence-electron chi connectivity index (χ2n) is 4.64. The lowest BCUT2D eigenvalue weighted by molar-refractivity contribution is 0.200. The largest absolute Gasteiger partial charge is 0.399 e. The van der Waals surface area contributed by atoms with Gasteiger partial charge in [0.25, 0.3) is 0 Å². The van der Waals surface area contributed by atoms with E-state index >= 15 is 0 Å². The molecule has 2 aliphatic rings. The zero-order chi connectivity index (χ0) is 10.1. The molecule has 0 aromatic rings. The molecule has 1 heterocycles. The summed E-state index contributed by atoms with van der Waals surface area (Å²) in [4.78, 5) is 2.51. The molecule has 0 aromatic carbocycles. The molecule has 1 saturated heterocycles. The minimum atomic E-state index is 0.606. The molecule has 2 N–H and O–H groups in total. The van der Waals surface area contributed by atoms with E-state index in [-0.39, 0.29) is 0 Å². The molecule has 1 atom stereocenters. The predicted octanol–water partition coefficient (Wildman–Crippen LogP) is 2.24. The highest BCUT2D eigenvalue weighted by Gasteiger charge is 2.27. The van der Waals surface area contributed by atoms with Crippen molar-refractivity contribution in [1.82, 2.24) is 4.90 Å². The Hall–Kier alpha value is -0.920. The zero-order valence-corrected chi connectivity index (χ0v) is 9.16. The van der Waals surface area contributed by atoms with Crippen molar-refractivity contribution in [2.24, 2.45) is 11.7 Å². The predicted molar refractivity (Wildman–Crippen MR) is 59.5 cm³/mol. The summed E-state index contributed by atoms with van der Waals surface area (Å²) in [5.41, 5.74) is 8.29. The summed E-state index contributed by atoms with van der Waals surface area (Å²) in [5.74, 6) is 0.735. The van der Waals surface area contributed by atoms with Gasteiger partial charge in [-0.1, -0.05) is 6.08 Å². The van der Waals surface area contributed by atoms with Crippen LogP contribution in [0.5, 0.6) is 0 Å². The van der Waals surface area contributed by atoms with Crippen LogP contribution < -0.4 is 5.73 Å². The standard InChI is InChI=1S/C12H20N2/c1-9(2)14-7-3-4-10-5-6-11(13)8-12(10)14/h6,8-10H,3-5,7,13H2,1-2H3. The van der Waals surface area contributed by atoms with Crippen LogP contribution in [-0.4, -0.2) is 17.5 Å². The van der Waals surface area contributed by atoms with Crippen LogP contribution in [0.15, 0.2) is 23.5 Å². The summed E-state index contributed by atoms with van der Waals surface area (Å²) < 4.78 is 0. The topological polar surface area (TPSA) is 29.3 Å². The van der Waals surface area contributed by atoms with E-state index in [0.29, 0.717) is 6.04 Å². The van der Waals surface area contributed by atoms with E-state index in [4.69, 9.17) is 5.73 Å². The maximum Gasteiger partial charge on any atom is 0.0291 e. The Bertz CT molecular complexity index is 276. The van der Waals surface area contributed by atoms with Crippen LogP contribution in [-0.2, 0) is 0 Å². The van der Waals surface area contributed by atoms with Crippen molar-refractivity contribution < 1.29 is 0 Å². The first-order chi connectivity index (χ1) is 6.68. The monoisotopic (exact) mass is 192 g/mol. The third kappa shape index (κ3) is 1.66. The van der Waals surface area contributed by atoms with Crippen LogP contribution in [0.1, 0.15) is 33.1 Å². The summed E-state index contributed by atoms with van der Waals surface area (Å²) in [6, 6.07) is 0.606. The molecule has 0 aromatic heterocycles. The molecule has 1 aliphatic carbocycles. The second-order valence-corrected chi connectivity index (χ2v) is 4.64. The summed E-state index contributed by atoms with van der Waals surface area (Å²) in [6.45, 7) is 5.72. The van der Waals surface area contributed by atoms with Gasteiger partial charge in [-0.2, -0.15) is 0 Å². The molecule has 2 nitrogen and oxygen atoms in total. The van der Waals surface area contributed by atoms with E-state index in [1.54, 1.807) is 0 Å². The number of likely N-dealkylation sites (tertiary alicyclic amines) is 1. The van der Waals surface area contributed by atoms with Gasteiger partial charge < -0.3 is 10.6 Å². The Morgan fingerprint density at radius 3 is 3.00 bits per heavy atom. The van der Waals surface area contributed by atoms with Crippen molar-refractivity contribution in [3.8, 4) is 0 Å². The van der Waals surface area contributed by atoms with Gasteiger partial charge in [-0.05, 0) is 39.2 Å². The van der Waals surface area contributed by atoms with E-state index in [1.807, 2.05) is 0 Å². The fourth-order valence-electron chi connectivity index (χ4n) is 2.52. The highest BCUT2D eigenvalue weighted by molar-refractivity contribution is 5.28. The maximum atomic E-state index is 5.86. The zero-order valence-electron chi connectivity index (χ0n) is 9.16. The highest BCUT2D eigenvalue weighted by atomic mass is 15.2. The van der Waals surface area contributed by atoms with Crippen molar-refractivity contribution >= 4 is 0 Å². The van der Waals surface area contributed by atoms with E-state index in [9.17, 15) is 0 Å². The van der Waals surface area contributed by atoms with Gasteiger partial charge in [-0.3, -0.25) is 0 Å². The fourth-order valence-corrected chi connectivity index (χ4v) is 2.52. The van der Waals surface area contributed by atoms with Crippen LogP contribution >= 0.6 is 0 Å². The van der Waals surface area contributed by atoms with Gasteiger partial charge in [0, 0.05) is 29.9 Å². The van der Waals surface area contributed by atoms with Crippen LogP contribution in [0.25, 0.3) is 0 Å². The number of hydrogen-bond donors (Lipinski definition) is 1. The molecule has 78 valence electrons. The third-order valence-corrected chi connectivity index (χ3v) is 3.28. The normalized spacial score (nSPS) is 27.1. The van der Waals surface area contributed by atoms with Crippen molar-refractivity contribution in [2.75, 3.05) is 6.54 Å².